The molecule has 113 valence electrons. The highest BCUT2D eigenvalue weighted by molar-refractivity contribution is 9.10. The van der Waals surface area contributed by atoms with Crippen molar-refractivity contribution in [1.29, 1.82) is 0 Å². The van der Waals surface area contributed by atoms with Gasteiger partial charge >= 0.3 is 6.18 Å². The molecule has 0 bridgehead atoms. The van der Waals surface area contributed by atoms with E-state index in [0.29, 0.717) is 16.9 Å². The first-order valence-electron chi connectivity index (χ1n) is 5.68. The highest BCUT2D eigenvalue weighted by atomic mass is 79.9. The summed E-state index contributed by atoms with van der Waals surface area (Å²) in [5.74, 6) is -0.527. The largest absolute Gasteiger partial charge is 0.427 e. The zero-order valence-electron chi connectivity index (χ0n) is 10.4. The standard InChI is InChI=1S/C13H8Br2F4NS/c1-2-9-20-11(12(21-9)13(17,18)19)10-6(5-14)3-7(16)4-8(10)15/h3-4H,1-2,5H2. The number of rotatable bonds is 3. The van der Waals surface area contributed by atoms with Crippen molar-refractivity contribution in [2.24, 2.45) is 0 Å². The number of hydrogen-bond acceptors (Lipinski definition) is 2. The second-order valence-corrected chi connectivity index (χ2v) is 6.59. The van der Waals surface area contributed by atoms with Crippen LogP contribution in [0, 0.1) is 12.7 Å². The smallest absolute Gasteiger partial charge is 0.241 e. The summed E-state index contributed by atoms with van der Waals surface area (Å²) in [7, 11) is 0. The molecule has 1 aromatic heterocycles. The first-order valence-corrected chi connectivity index (χ1v) is 8.41. The lowest BCUT2D eigenvalue weighted by atomic mass is 10.0. The SMILES string of the molecule is [CH2]Cc1nc(-c2c(Br)cc(F)cc2CBr)c(C(F)(F)F)s1. The molecule has 0 aliphatic carbocycles. The first kappa shape index (κ1) is 16.9. The lowest BCUT2D eigenvalue weighted by Gasteiger charge is -2.11. The van der Waals surface area contributed by atoms with Gasteiger partial charge in [0.1, 0.15) is 10.7 Å². The Balaban J connectivity index is 2.75. The molecule has 1 nitrogen and oxygen atoms in total. The second-order valence-electron chi connectivity index (χ2n) is 4.09. The maximum absolute atomic E-state index is 13.4. The molecule has 21 heavy (non-hydrogen) atoms. The minimum absolute atomic E-state index is 0.163. The first-order chi connectivity index (χ1) is 9.77. The third-order valence-electron chi connectivity index (χ3n) is 2.66. The molecule has 0 amide bonds. The third kappa shape index (κ3) is 3.48. The van der Waals surface area contributed by atoms with Crippen molar-refractivity contribution >= 4 is 43.2 Å². The number of nitrogens with zero attached hydrogens (tertiary/aromatic N) is 1. The van der Waals surface area contributed by atoms with Crippen LogP contribution in [0.25, 0.3) is 11.3 Å². The predicted octanol–water partition coefficient (Wildman–Crippen LogP) is 6.00. The van der Waals surface area contributed by atoms with Crippen LogP contribution in [-0.2, 0) is 17.9 Å². The van der Waals surface area contributed by atoms with Crippen LogP contribution in [0.15, 0.2) is 16.6 Å². The fourth-order valence-electron chi connectivity index (χ4n) is 1.83. The van der Waals surface area contributed by atoms with E-state index in [-0.39, 0.29) is 32.5 Å². The van der Waals surface area contributed by atoms with E-state index in [1.54, 1.807) is 0 Å². The summed E-state index contributed by atoms with van der Waals surface area (Å²) < 4.78 is 53.2. The van der Waals surface area contributed by atoms with E-state index >= 15 is 0 Å². The summed E-state index contributed by atoms with van der Waals surface area (Å²) in [6, 6.07) is 2.32. The summed E-state index contributed by atoms with van der Waals surface area (Å²) >= 11 is 6.86. The van der Waals surface area contributed by atoms with Crippen molar-refractivity contribution in [2.75, 3.05) is 0 Å². The van der Waals surface area contributed by atoms with Gasteiger partial charge in [-0.2, -0.15) is 13.2 Å². The summed E-state index contributed by atoms with van der Waals surface area (Å²) in [6.07, 6.45) is -4.35. The van der Waals surface area contributed by atoms with Gasteiger partial charge in [-0.1, -0.05) is 15.9 Å². The number of halogens is 6. The average Bonchev–Trinajstić information content (AvgIpc) is 2.81. The van der Waals surface area contributed by atoms with Crippen LogP contribution < -0.4 is 0 Å². The van der Waals surface area contributed by atoms with E-state index in [1.807, 2.05) is 0 Å². The zero-order chi connectivity index (χ0) is 15.8. The molecule has 2 aromatic rings. The molecule has 2 rings (SSSR count). The summed E-state index contributed by atoms with van der Waals surface area (Å²) in [4.78, 5) is 3.23. The second kappa shape index (κ2) is 6.34. The lowest BCUT2D eigenvalue weighted by molar-refractivity contribution is -0.134. The van der Waals surface area contributed by atoms with Gasteiger partial charge in [-0.15, -0.1) is 11.3 Å². The van der Waals surface area contributed by atoms with Crippen LogP contribution in [0.4, 0.5) is 17.6 Å². The quantitative estimate of drug-likeness (QED) is 0.417. The molecule has 1 radical (unpaired) electrons. The Bertz CT molecular complexity index is 667. The molecule has 0 unspecified atom stereocenters. The number of thiazole rings is 1. The molecule has 0 aliphatic rings. The Hall–Kier alpha value is -0.470. The predicted molar refractivity (Wildman–Crippen MR) is 81.9 cm³/mol. The molecular weight excluding hydrogens is 438 g/mol. The molecule has 0 fully saturated rings. The Morgan fingerprint density at radius 3 is 2.48 bits per heavy atom. The van der Waals surface area contributed by atoms with Crippen molar-refractivity contribution in [3.8, 4) is 11.3 Å². The molecule has 0 atom stereocenters. The normalized spacial score (nSPS) is 12.0. The van der Waals surface area contributed by atoms with E-state index in [1.165, 1.54) is 6.07 Å². The molecule has 0 spiro atoms. The fourth-order valence-corrected chi connectivity index (χ4v) is 3.77. The molecule has 0 saturated carbocycles. The number of hydrogen-bond donors (Lipinski definition) is 0. The Labute approximate surface area is 139 Å². The van der Waals surface area contributed by atoms with Gasteiger partial charge in [-0.3, -0.25) is 0 Å². The maximum Gasteiger partial charge on any atom is 0.427 e. The Morgan fingerprint density at radius 2 is 1.95 bits per heavy atom. The molecule has 0 N–H and O–H groups in total. The monoisotopic (exact) mass is 444 g/mol. The van der Waals surface area contributed by atoms with Gasteiger partial charge < -0.3 is 0 Å². The summed E-state index contributed by atoms with van der Waals surface area (Å²) in [5.41, 5.74) is 0.456. The molecule has 1 aromatic carbocycles. The van der Waals surface area contributed by atoms with Gasteiger partial charge in [0.05, 0.1) is 10.7 Å². The van der Waals surface area contributed by atoms with E-state index in [9.17, 15) is 17.6 Å². The van der Waals surface area contributed by atoms with E-state index in [4.69, 9.17) is 0 Å². The molecule has 8 heteroatoms. The minimum atomic E-state index is -4.52. The van der Waals surface area contributed by atoms with Crippen molar-refractivity contribution in [2.45, 2.75) is 17.9 Å². The van der Waals surface area contributed by atoms with E-state index in [0.717, 1.165) is 6.07 Å². The van der Waals surface area contributed by atoms with Crippen molar-refractivity contribution in [3.63, 3.8) is 0 Å². The highest BCUT2D eigenvalue weighted by Gasteiger charge is 2.38. The summed E-state index contributed by atoms with van der Waals surface area (Å²) in [6.45, 7) is 3.56. The van der Waals surface area contributed by atoms with E-state index in [2.05, 4.69) is 43.8 Å². The molecule has 1 heterocycles. The fraction of sp³-hybridized carbons (Fsp3) is 0.231. The van der Waals surface area contributed by atoms with Crippen LogP contribution in [0.2, 0.25) is 0 Å². The number of aromatic nitrogens is 1. The van der Waals surface area contributed by atoms with Crippen LogP contribution in [0.5, 0.6) is 0 Å². The third-order valence-corrected chi connectivity index (χ3v) is 5.05. The zero-order valence-corrected chi connectivity index (χ0v) is 14.4. The molecule has 0 aliphatic heterocycles. The van der Waals surface area contributed by atoms with Crippen molar-refractivity contribution < 1.29 is 17.6 Å². The van der Waals surface area contributed by atoms with E-state index < -0.39 is 16.9 Å². The summed E-state index contributed by atoms with van der Waals surface area (Å²) in [5, 5.41) is 0.502. The van der Waals surface area contributed by atoms with Gasteiger partial charge in [-0.25, -0.2) is 9.37 Å². The highest BCUT2D eigenvalue weighted by Crippen LogP contribution is 2.44. The molecule has 0 saturated heterocycles. The molecular formula is C13H8Br2F4NS. The van der Waals surface area contributed by atoms with Crippen LogP contribution in [-0.4, -0.2) is 4.98 Å². The van der Waals surface area contributed by atoms with Crippen molar-refractivity contribution in [3.05, 3.63) is 44.8 Å². The Morgan fingerprint density at radius 1 is 1.29 bits per heavy atom. The van der Waals surface area contributed by atoms with Gasteiger partial charge in [0, 0.05) is 15.4 Å². The topological polar surface area (TPSA) is 12.9 Å². The van der Waals surface area contributed by atoms with Crippen LogP contribution >= 0.6 is 43.2 Å². The Kier molecular flexibility index (Phi) is 5.10. The number of alkyl halides is 4. The van der Waals surface area contributed by atoms with Gasteiger partial charge in [0.2, 0.25) is 0 Å². The van der Waals surface area contributed by atoms with Crippen LogP contribution in [0.3, 0.4) is 0 Å². The van der Waals surface area contributed by atoms with Crippen molar-refractivity contribution in [1.82, 2.24) is 4.98 Å². The lowest BCUT2D eigenvalue weighted by Crippen LogP contribution is -2.05. The van der Waals surface area contributed by atoms with Gasteiger partial charge in [-0.05, 0) is 47.0 Å². The maximum atomic E-state index is 13.4. The van der Waals surface area contributed by atoms with Crippen LogP contribution in [0.1, 0.15) is 15.4 Å². The average molecular weight is 446 g/mol. The van der Waals surface area contributed by atoms with Gasteiger partial charge in [0.25, 0.3) is 0 Å². The number of benzene rings is 1. The van der Waals surface area contributed by atoms with Gasteiger partial charge in [0.15, 0.2) is 0 Å². The minimum Gasteiger partial charge on any atom is -0.241 e.